The zero-order chi connectivity index (χ0) is 43.9. The summed E-state index contributed by atoms with van der Waals surface area (Å²) < 4.78 is 22.7. The first kappa shape index (κ1) is 43.0. The van der Waals surface area contributed by atoms with Crippen LogP contribution < -0.4 is 0 Å². The van der Waals surface area contributed by atoms with Crippen LogP contribution in [-0.4, -0.2) is 145 Å². The number of hydrogen-bond acceptors (Lipinski definition) is 16. The van der Waals surface area contributed by atoms with Crippen LogP contribution in [0.2, 0.25) is 0 Å². The number of pyridine rings is 4. The van der Waals surface area contributed by atoms with Crippen molar-refractivity contribution in [2.24, 2.45) is 21.7 Å². The second kappa shape index (κ2) is 16.9. The largest absolute Gasteiger partial charge is 0.468 e. The molecule has 4 fully saturated rings. The van der Waals surface area contributed by atoms with Gasteiger partial charge in [0.15, 0.2) is 0 Å². The predicted molar refractivity (Wildman–Crippen MR) is 223 cm³/mol. The molecule has 4 aromatic heterocycles. The Morgan fingerprint density at radius 3 is 0.903 bits per heavy atom. The number of aromatic nitrogens is 4. The molecule has 0 aliphatic carbocycles. The minimum absolute atomic E-state index is 0.118. The Labute approximate surface area is 361 Å². The normalized spacial score (nSPS) is 31.4. The topological polar surface area (TPSA) is 170 Å². The summed E-state index contributed by atoms with van der Waals surface area (Å²) in [5.74, 6) is -1.89. The molecule has 8 heterocycles. The van der Waals surface area contributed by atoms with E-state index in [4.69, 9.17) is 38.9 Å². The van der Waals surface area contributed by atoms with Gasteiger partial charge >= 0.3 is 23.9 Å². The van der Waals surface area contributed by atoms with Crippen LogP contribution in [0, 0.1) is 21.7 Å². The first-order valence-corrected chi connectivity index (χ1v) is 20.8. The molecule has 0 N–H and O–H groups in total. The highest BCUT2D eigenvalue weighted by Gasteiger charge is 2.71. The molecule has 0 aromatic carbocycles. The van der Waals surface area contributed by atoms with Gasteiger partial charge in [0.05, 0.1) is 75.4 Å². The van der Waals surface area contributed by atoms with Crippen LogP contribution in [0.5, 0.6) is 0 Å². The van der Waals surface area contributed by atoms with Gasteiger partial charge in [0.25, 0.3) is 0 Å². The quantitative estimate of drug-likeness (QED) is 0.159. The number of likely N-dealkylation sites (tertiary alicyclic amines) is 4. The average molecular weight is 847 g/mol. The van der Waals surface area contributed by atoms with Crippen molar-refractivity contribution in [3.63, 3.8) is 0 Å². The molecule has 8 rings (SSSR count). The summed E-state index contributed by atoms with van der Waals surface area (Å²) in [6.45, 7) is 1.52. The molecule has 0 saturated carbocycles. The van der Waals surface area contributed by atoms with Gasteiger partial charge < -0.3 is 18.9 Å². The number of esters is 4. The zero-order valence-corrected chi connectivity index (χ0v) is 36.0. The maximum Gasteiger partial charge on any atom is 0.315 e. The van der Waals surface area contributed by atoms with E-state index >= 15 is 0 Å². The number of ether oxygens (including phenoxy) is 4. The van der Waals surface area contributed by atoms with Gasteiger partial charge in [-0.25, -0.2) is 0 Å². The number of methoxy groups -OCH3 is 4. The molecule has 4 unspecified atom stereocenters. The van der Waals surface area contributed by atoms with Crippen molar-refractivity contribution in [1.82, 2.24) is 39.5 Å². The molecule has 16 heteroatoms. The van der Waals surface area contributed by atoms with Crippen LogP contribution in [0.25, 0.3) is 0 Å². The maximum atomic E-state index is 14.6. The maximum absolute atomic E-state index is 14.6. The average Bonchev–Trinajstić information content (AvgIpc) is 3.30. The smallest absolute Gasteiger partial charge is 0.315 e. The molecule has 62 heavy (non-hydrogen) atoms. The summed E-state index contributed by atoms with van der Waals surface area (Å²) in [4.78, 5) is 85.7. The standard InChI is InChI=1S/C46H54N8O8/c1-51-35(31-15-7-11-19-47-31)43(39(55)59-3)25-44(40(56)60-4,36(51)32-16-8-12-20-48-32)28-53(27-43)23-24-54-29-45(41(57)61-5)26-46(30-54,42(58)62-6)38(34-18-10-14-22-50-34)52(2)37(45)33-17-9-13-21-49-33/h7-22,35-38H,23-30H2,1-6H3/t35-,36+,37-,38+,43?,44?,45?,46?. The van der Waals surface area contributed by atoms with Crippen LogP contribution in [0.4, 0.5) is 0 Å². The van der Waals surface area contributed by atoms with E-state index in [1.165, 1.54) is 28.4 Å². The van der Waals surface area contributed by atoms with Crippen molar-refractivity contribution in [1.29, 1.82) is 0 Å². The van der Waals surface area contributed by atoms with Gasteiger partial charge in [-0.3, -0.25) is 58.7 Å². The summed E-state index contributed by atoms with van der Waals surface area (Å²) in [5, 5.41) is 0. The van der Waals surface area contributed by atoms with Crippen molar-refractivity contribution in [2.75, 3.05) is 81.8 Å². The molecule has 0 amide bonds. The predicted octanol–water partition coefficient (Wildman–Crippen LogP) is 3.47. The van der Waals surface area contributed by atoms with Crippen molar-refractivity contribution >= 4 is 23.9 Å². The van der Waals surface area contributed by atoms with E-state index in [1.807, 2.05) is 96.7 Å². The lowest BCUT2D eigenvalue weighted by Crippen LogP contribution is -2.71. The molecule has 4 aromatic rings. The molecular formula is C46H54N8O8. The molecule has 4 saturated heterocycles. The molecule has 0 spiro atoms. The fourth-order valence-corrected chi connectivity index (χ4v) is 12.2. The molecule has 8 atom stereocenters. The van der Waals surface area contributed by atoms with Gasteiger partial charge in [0, 0.05) is 64.1 Å². The number of nitrogens with zero attached hydrogens (tertiary/aromatic N) is 8. The van der Waals surface area contributed by atoms with Crippen LogP contribution >= 0.6 is 0 Å². The van der Waals surface area contributed by atoms with Gasteiger partial charge in [-0.2, -0.15) is 0 Å². The van der Waals surface area contributed by atoms with Crippen molar-refractivity contribution in [3.8, 4) is 0 Å². The fourth-order valence-electron chi connectivity index (χ4n) is 12.2. The Morgan fingerprint density at radius 1 is 0.468 bits per heavy atom. The lowest BCUT2D eigenvalue weighted by Gasteiger charge is -2.63. The second-order valence-electron chi connectivity index (χ2n) is 17.3. The van der Waals surface area contributed by atoms with Crippen molar-refractivity contribution in [2.45, 2.75) is 37.0 Å². The highest BCUT2D eigenvalue weighted by Crippen LogP contribution is 2.64. The van der Waals surface area contributed by atoms with E-state index in [2.05, 4.69) is 9.80 Å². The Hall–Kier alpha value is -5.68. The Bertz CT molecular complexity index is 1950. The Kier molecular flexibility index (Phi) is 11.7. The van der Waals surface area contributed by atoms with Crippen molar-refractivity contribution in [3.05, 3.63) is 120 Å². The van der Waals surface area contributed by atoms with Gasteiger partial charge in [0.1, 0.15) is 21.7 Å². The zero-order valence-electron chi connectivity index (χ0n) is 36.0. The number of carbonyl (C=O) groups excluding carboxylic acids is 4. The van der Waals surface area contributed by atoms with Crippen molar-refractivity contribution < 1.29 is 38.1 Å². The van der Waals surface area contributed by atoms with E-state index < -0.39 is 69.7 Å². The first-order valence-electron chi connectivity index (χ1n) is 20.8. The molecule has 4 aliphatic rings. The third-order valence-electron chi connectivity index (χ3n) is 14.0. The van der Waals surface area contributed by atoms with Gasteiger partial charge in [0.2, 0.25) is 0 Å². The summed E-state index contributed by atoms with van der Waals surface area (Å²) in [5.41, 5.74) is -2.55. The summed E-state index contributed by atoms with van der Waals surface area (Å²) >= 11 is 0. The van der Waals surface area contributed by atoms with Crippen LogP contribution in [0.15, 0.2) is 97.6 Å². The summed E-state index contributed by atoms with van der Waals surface area (Å²) in [7, 11) is 9.28. The third-order valence-corrected chi connectivity index (χ3v) is 14.0. The number of fused-ring (bicyclic) bond motifs is 4. The number of hydrogen-bond donors (Lipinski definition) is 0. The highest BCUT2D eigenvalue weighted by atomic mass is 16.5. The summed E-state index contributed by atoms with van der Waals surface area (Å²) in [6.07, 6.45) is 7.02. The van der Waals surface area contributed by atoms with Crippen LogP contribution in [-0.2, 0) is 38.1 Å². The number of piperidine rings is 4. The molecule has 326 valence electrons. The van der Waals surface area contributed by atoms with E-state index in [9.17, 15) is 19.2 Å². The second-order valence-corrected chi connectivity index (χ2v) is 17.3. The molecule has 4 aliphatic heterocycles. The van der Waals surface area contributed by atoms with E-state index in [-0.39, 0.29) is 39.0 Å². The monoisotopic (exact) mass is 846 g/mol. The van der Waals surface area contributed by atoms with Crippen LogP contribution in [0.3, 0.4) is 0 Å². The molecule has 16 nitrogen and oxygen atoms in total. The van der Waals surface area contributed by atoms with E-state index in [0.717, 1.165) is 0 Å². The highest BCUT2D eigenvalue weighted by molar-refractivity contribution is 5.86. The minimum atomic E-state index is -1.29. The Balaban J connectivity index is 1.25. The van der Waals surface area contributed by atoms with E-state index in [1.54, 1.807) is 24.8 Å². The molecule has 4 bridgehead atoms. The van der Waals surface area contributed by atoms with Gasteiger partial charge in [-0.05, 0) is 75.5 Å². The van der Waals surface area contributed by atoms with Gasteiger partial charge in [-0.15, -0.1) is 0 Å². The number of rotatable bonds is 11. The lowest BCUT2D eigenvalue weighted by atomic mass is 9.55. The SMILES string of the molecule is COC(=O)C12CN(CCN3CC4(C(=O)OC)CC(C(=O)OC)(C3)[C@@H](c3ccccn3)N(C)[C@H]4c3ccccn3)CC(C(=O)OC)(C1)[C@@H](c1ccccn1)N(C)[C@H]2c1ccccn1. The summed E-state index contributed by atoms with van der Waals surface area (Å²) in [6, 6.07) is 19.9. The fraction of sp³-hybridized carbons (Fsp3) is 0.478. The van der Waals surface area contributed by atoms with Crippen LogP contribution in [0.1, 0.15) is 59.8 Å². The van der Waals surface area contributed by atoms with Gasteiger partial charge in [-0.1, -0.05) is 24.3 Å². The third kappa shape index (κ3) is 6.74. The first-order chi connectivity index (χ1) is 29.9. The lowest BCUT2D eigenvalue weighted by molar-refractivity contribution is -0.211. The molecular weight excluding hydrogens is 793 g/mol. The minimum Gasteiger partial charge on any atom is -0.468 e. The Morgan fingerprint density at radius 2 is 0.710 bits per heavy atom. The molecule has 0 radical (unpaired) electrons. The van der Waals surface area contributed by atoms with E-state index in [0.29, 0.717) is 35.9 Å². The number of carbonyl (C=O) groups is 4.